The summed E-state index contributed by atoms with van der Waals surface area (Å²) in [6.07, 6.45) is 1.43. The molecule has 0 saturated carbocycles. The summed E-state index contributed by atoms with van der Waals surface area (Å²) < 4.78 is 10.6. The molecular formula is C33H30N4O7S. The fraction of sp³-hybridized carbons (Fsp3) is 0.121. The number of amides is 3. The Kier molecular flexibility index (Phi) is 10.9. The highest BCUT2D eigenvalue weighted by atomic mass is 32.2. The van der Waals surface area contributed by atoms with Gasteiger partial charge in [-0.25, -0.2) is 0 Å². The molecule has 12 heteroatoms. The normalized spacial score (nSPS) is 11.6. The summed E-state index contributed by atoms with van der Waals surface area (Å²) in [5.74, 6) is -0.329. The Hall–Kier alpha value is -5.62. The third-order valence-electron chi connectivity index (χ3n) is 6.38. The smallest absolute Gasteiger partial charge is 0.272 e. The zero-order valence-electron chi connectivity index (χ0n) is 24.6. The van der Waals surface area contributed by atoms with E-state index in [-0.39, 0.29) is 17.3 Å². The van der Waals surface area contributed by atoms with Crippen molar-refractivity contribution in [3.8, 4) is 11.5 Å². The highest BCUT2D eigenvalue weighted by Gasteiger charge is 2.19. The van der Waals surface area contributed by atoms with Gasteiger partial charge in [0, 0.05) is 34.3 Å². The SMILES string of the molecule is COc1ccc(OC)c(NC(=O)C(C)Sc2cccc(NC(=O)/C(=C\c3ccc([N+](=O)[O-])cc3)NC(=O)c3ccccc3)c2)c1. The Bertz CT molecular complexity index is 1730. The molecule has 0 aliphatic rings. The molecule has 0 aliphatic heterocycles. The van der Waals surface area contributed by atoms with Gasteiger partial charge in [-0.3, -0.25) is 24.5 Å². The van der Waals surface area contributed by atoms with Crippen molar-refractivity contribution in [2.24, 2.45) is 0 Å². The van der Waals surface area contributed by atoms with Crippen molar-refractivity contribution in [1.29, 1.82) is 0 Å². The highest BCUT2D eigenvalue weighted by Crippen LogP contribution is 2.31. The number of thioether (sulfide) groups is 1. The number of carbonyl (C=O) groups excluding carboxylic acids is 3. The van der Waals surface area contributed by atoms with E-state index in [1.54, 1.807) is 79.7 Å². The Labute approximate surface area is 263 Å². The Balaban J connectivity index is 1.50. The molecule has 45 heavy (non-hydrogen) atoms. The first-order chi connectivity index (χ1) is 21.7. The average molecular weight is 627 g/mol. The maximum Gasteiger partial charge on any atom is 0.272 e. The van der Waals surface area contributed by atoms with Crippen LogP contribution in [0.3, 0.4) is 0 Å². The van der Waals surface area contributed by atoms with Crippen LogP contribution in [0.5, 0.6) is 11.5 Å². The predicted molar refractivity (Wildman–Crippen MR) is 174 cm³/mol. The second-order valence-electron chi connectivity index (χ2n) is 9.52. The molecule has 0 aromatic heterocycles. The number of non-ortho nitro benzene ring substituents is 1. The summed E-state index contributed by atoms with van der Waals surface area (Å²) in [6.45, 7) is 1.75. The van der Waals surface area contributed by atoms with Gasteiger partial charge in [-0.2, -0.15) is 0 Å². The predicted octanol–water partition coefficient (Wildman–Crippen LogP) is 6.14. The number of methoxy groups -OCH3 is 2. The van der Waals surface area contributed by atoms with Crippen LogP contribution in [-0.2, 0) is 9.59 Å². The largest absolute Gasteiger partial charge is 0.497 e. The monoisotopic (exact) mass is 626 g/mol. The summed E-state index contributed by atoms with van der Waals surface area (Å²) in [6, 6.07) is 26.0. The lowest BCUT2D eigenvalue weighted by Crippen LogP contribution is -2.30. The number of nitrogens with one attached hydrogen (secondary N) is 3. The summed E-state index contributed by atoms with van der Waals surface area (Å²) in [5.41, 5.74) is 1.53. The lowest BCUT2D eigenvalue weighted by atomic mass is 10.1. The number of rotatable bonds is 12. The van der Waals surface area contributed by atoms with E-state index in [4.69, 9.17) is 9.47 Å². The standard InChI is InChI=1S/C33H30N4O7S/c1-21(31(38)35-28-20-26(43-2)16-17-30(28)44-3)45-27-11-7-10-24(19-27)34-33(40)29(36-32(39)23-8-5-4-6-9-23)18-22-12-14-25(15-13-22)37(41)42/h4-21H,1-3H3,(H,34,40)(H,35,38)(H,36,39)/b29-18+. The van der Waals surface area contributed by atoms with Gasteiger partial charge in [-0.15, -0.1) is 11.8 Å². The van der Waals surface area contributed by atoms with Crippen molar-refractivity contribution >= 4 is 52.6 Å². The second kappa shape index (κ2) is 15.2. The molecule has 4 rings (SSSR count). The first kappa shape index (κ1) is 32.3. The molecule has 0 aliphatic carbocycles. The molecule has 1 atom stereocenters. The number of ether oxygens (including phenoxy) is 2. The minimum atomic E-state index is -0.615. The van der Waals surface area contributed by atoms with Gasteiger partial charge in [0.05, 0.1) is 30.1 Å². The quantitative estimate of drug-likeness (QED) is 0.0735. The summed E-state index contributed by atoms with van der Waals surface area (Å²) >= 11 is 1.28. The van der Waals surface area contributed by atoms with E-state index in [0.717, 1.165) is 0 Å². The number of hydrogen-bond acceptors (Lipinski definition) is 8. The van der Waals surface area contributed by atoms with Gasteiger partial charge in [-0.1, -0.05) is 24.3 Å². The van der Waals surface area contributed by atoms with Gasteiger partial charge in [-0.05, 0) is 73.2 Å². The third kappa shape index (κ3) is 8.94. The van der Waals surface area contributed by atoms with Gasteiger partial charge in [0.25, 0.3) is 17.5 Å². The summed E-state index contributed by atoms with van der Waals surface area (Å²) in [5, 5.41) is 18.8. The van der Waals surface area contributed by atoms with Crippen LogP contribution in [0.15, 0.2) is 108 Å². The van der Waals surface area contributed by atoms with Crippen LogP contribution in [0.2, 0.25) is 0 Å². The number of benzene rings is 4. The van der Waals surface area contributed by atoms with E-state index in [9.17, 15) is 24.5 Å². The van der Waals surface area contributed by atoms with Gasteiger partial charge in [0.2, 0.25) is 5.91 Å². The maximum absolute atomic E-state index is 13.4. The minimum Gasteiger partial charge on any atom is -0.497 e. The fourth-order valence-electron chi connectivity index (χ4n) is 4.05. The van der Waals surface area contributed by atoms with Crippen LogP contribution in [-0.4, -0.2) is 42.1 Å². The lowest BCUT2D eigenvalue weighted by molar-refractivity contribution is -0.384. The number of nitro groups is 1. The van der Waals surface area contributed by atoms with Crippen molar-refractivity contribution in [1.82, 2.24) is 5.32 Å². The van der Waals surface area contributed by atoms with E-state index in [1.807, 2.05) is 0 Å². The Morgan fingerprint density at radius 1 is 0.867 bits per heavy atom. The second-order valence-corrected chi connectivity index (χ2v) is 10.9. The number of hydrogen-bond donors (Lipinski definition) is 3. The number of carbonyl (C=O) groups is 3. The van der Waals surface area contributed by atoms with Crippen molar-refractivity contribution < 1.29 is 28.8 Å². The van der Waals surface area contributed by atoms with Crippen LogP contribution in [0.25, 0.3) is 6.08 Å². The van der Waals surface area contributed by atoms with E-state index < -0.39 is 22.0 Å². The Morgan fingerprint density at radius 3 is 2.27 bits per heavy atom. The number of nitrogens with zero attached hydrogens (tertiary/aromatic N) is 1. The molecule has 4 aromatic rings. The van der Waals surface area contributed by atoms with E-state index in [0.29, 0.717) is 38.9 Å². The molecule has 4 aromatic carbocycles. The number of anilines is 2. The number of nitro benzene ring substituents is 1. The van der Waals surface area contributed by atoms with Crippen LogP contribution in [0.1, 0.15) is 22.8 Å². The maximum atomic E-state index is 13.4. The molecule has 0 bridgehead atoms. The van der Waals surface area contributed by atoms with Gasteiger partial charge < -0.3 is 25.4 Å². The average Bonchev–Trinajstić information content (AvgIpc) is 3.05. The zero-order valence-corrected chi connectivity index (χ0v) is 25.4. The fourth-order valence-corrected chi connectivity index (χ4v) is 4.98. The first-order valence-corrected chi connectivity index (χ1v) is 14.5. The molecule has 0 heterocycles. The Morgan fingerprint density at radius 2 is 1.60 bits per heavy atom. The molecule has 0 saturated heterocycles. The topological polar surface area (TPSA) is 149 Å². The van der Waals surface area contributed by atoms with E-state index in [1.165, 1.54) is 56.3 Å². The van der Waals surface area contributed by atoms with Crippen molar-refractivity contribution in [3.05, 3.63) is 124 Å². The third-order valence-corrected chi connectivity index (χ3v) is 7.48. The molecule has 0 fully saturated rings. The highest BCUT2D eigenvalue weighted by molar-refractivity contribution is 8.00. The molecular weight excluding hydrogens is 596 g/mol. The molecule has 3 N–H and O–H groups in total. The van der Waals surface area contributed by atoms with Crippen molar-refractivity contribution in [2.75, 3.05) is 24.9 Å². The summed E-state index contributed by atoms with van der Waals surface area (Å²) in [7, 11) is 3.04. The first-order valence-electron chi connectivity index (χ1n) is 13.6. The van der Waals surface area contributed by atoms with Crippen LogP contribution < -0.4 is 25.4 Å². The molecule has 0 radical (unpaired) electrons. The van der Waals surface area contributed by atoms with Gasteiger partial charge in [0.15, 0.2) is 0 Å². The molecule has 11 nitrogen and oxygen atoms in total. The van der Waals surface area contributed by atoms with Gasteiger partial charge >= 0.3 is 0 Å². The van der Waals surface area contributed by atoms with E-state index >= 15 is 0 Å². The molecule has 3 amide bonds. The van der Waals surface area contributed by atoms with Gasteiger partial charge in [0.1, 0.15) is 17.2 Å². The van der Waals surface area contributed by atoms with Crippen LogP contribution >= 0.6 is 11.8 Å². The van der Waals surface area contributed by atoms with Crippen LogP contribution in [0, 0.1) is 10.1 Å². The minimum absolute atomic E-state index is 0.0734. The van der Waals surface area contributed by atoms with E-state index in [2.05, 4.69) is 16.0 Å². The molecule has 0 spiro atoms. The van der Waals surface area contributed by atoms with Crippen molar-refractivity contribution in [3.63, 3.8) is 0 Å². The van der Waals surface area contributed by atoms with Crippen molar-refractivity contribution in [2.45, 2.75) is 17.1 Å². The lowest BCUT2D eigenvalue weighted by Gasteiger charge is -2.16. The molecule has 1 unspecified atom stereocenters. The summed E-state index contributed by atoms with van der Waals surface area (Å²) in [4.78, 5) is 50.6. The van der Waals surface area contributed by atoms with Crippen LogP contribution in [0.4, 0.5) is 17.1 Å². The zero-order chi connectivity index (χ0) is 32.3. The molecule has 230 valence electrons.